The summed E-state index contributed by atoms with van der Waals surface area (Å²) in [6.07, 6.45) is 0. The van der Waals surface area contributed by atoms with Gasteiger partial charge in [0.25, 0.3) is 0 Å². The van der Waals surface area contributed by atoms with Crippen LogP contribution in [0.15, 0.2) is 34.4 Å². The van der Waals surface area contributed by atoms with Crippen molar-refractivity contribution in [2.45, 2.75) is 27.3 Å². The number of esters is 1. The highest BCUT2D eigenvalue weighted by Gasteiger charge is 2.21. The van der Waals surface area contributed by atoms with Gasteiger partial charge in [0.05, 0.1) is 23.6 Å². The molecule has 0 bridgehead atoms. The number of halogens is 1. The lowest BCUT2D eigenvalue weighted by Crippen LogP contribution is -2.20. The van der Waals surface area contributed by atoms with Crippen LogP contribution >= 0.6 is 11.3 Å². The van der Waals surface area contributed by atoms with E-state index in [9.17, 15) is 14.0 Å². The molecule has 2 heterocycles. The first-order valence-electron chi connectivity index (χ1n) is 8.02. The molecule has 0 aliphatic rings. The molecule has 0 saturated carbocycles. The second kappa shape index (κ2) is 7.25. The maximum Gasteiger partial charge on any atom is 0.341 e. The summed E-state index contributed by atoms with van der Waals surface area (Å²) in [5.74, 6) is -0.830. The molecule has 1 aromatic carbocycles. The Morgan fingerprint density at radius 3 is 2.54 bits per heavy atom. The minimum absolute atomic E-state index is 0.0740. The lowest BCUT2D eigenvalue weighted by Gasteiger charge is -2.07. The molecule has 0 aliphatic carbocycles. The van der Waals surface area contributed by atoms with Gasteiger partial charge < -0.3 is 4.74 Å². The van der Waals surface area contributed by atoms with Crippen LogP contribution in [0.5, 0.6) is 0 Å². The van der Waals surface area contributed by atoms with Gasteiger partial charge in [-0.1, -0.05) is 11.3 Å². The number of ether oxygens (including phenoxy) is 1. The fourth-order valence-electron chi connectivity index (χ4n) is 2.75. The van der Waals surface area contributed by atoms with Crippen molar-refractivity contribution in [2.24, 2.45) is 0 Å². The van der Waals surface area contributed by atoms with E-state index in [0.717, 1.165) is 17.0 Å². The number of carbonyl (C=O) groups excluding carboxylic acids is 1. The Balaban J connectivity index is 1.75. The molecule has 0 radical (unpaired) electrons. The molecular weight excluding hydrogens is 357 g/mol. The molecule has 0 aliphatic heterocycles. The fourth-order valence-corrected chi connectivity index (χ4v) is 3.51. The second-order valence-corrected chi connectivity index (χ2v) is 6.69. The number of nitrogens with zero attached hydrogens (tertiary/aromatic N) is 3. The molecule has 3 aromatic rings. The predicted molar refractivity (Wildman–Crippen MR) is 96.6 cm³/mol. The van der Waals surface area contributed by atoms with Crippen molar-refractivity contribution < 1.29 is 13.9 Å². The third-order valence-electron chi connectivity index (χ3n) is 4.09. The number of aryl methyl sites for hydroxylation is 2. The maximum absolute atomic E-state index is 13.1. The van der Waals surface area contributed by atoms with Gasteiger partial charge >= 0.3 is 10.8 Å². The third kappa shape index (κ3) is 3.45. The van der Waals surface area contributed by atoms with Crippen LogP contribution in [0.4, 0.5) is 4.39 Å². The van der Waals surface area contributed by atoms with E-state index in [1.807, 2.05) is 6.92 Å². The summed E-state index contributed by atoms with van der Waals surface area (Å²) in [5, 5.41) is 6.13. The van der Waals surface area contributed by atoms with Crippen molar-refractivity contribution in [1.29, 1.82) is 0 Å². The molecule has 0 fully saturated rings. The van der Waals surface area contributed by atoms with Crippen molar-refractivity contribution in [3.05, 3.63) is 67.8 Å². The largest absolute Gasteiger partial charge is 0.460 e. The lowest BCUT2D eigenvalue weighted by molar-refractivity contribution is 0.0488. The first-order chi connectivity index (χ1) is 12.4. The zero-order valence-electron chi connectivity index (χ0n) is 14.7. The molecule has 0 N–H and O–H groups in total. The third-order valence-corrected chi connectivity index (χ3v) is 4.97. The van der Waals surface area contributed by atoms with Gasteiger partial charge in [0, 0.05) is 11.1 Å². The first kappa shape index (κ1) is 18.1. The number of hydrogen-bond acceptors (Lipinski definition) is 5. The summed E-state index contributed by atoms with van der Waals surface area (Å²) >= 11 is 1.12. The Morgan fingerprint density at radius 2 is 1.92 bits per heavy atom. The number of aromatic nitrogens is 3. The van der Waals surface area contributed by atoms with Gasteiger partial charge in [0.2, 0.25) is 0 Å². The van der Waals surface area contributed by atoms with E-state index in [1.54, 1.807) is 40.6 Å². The Morgan fingerprint density at radius 1 is 1.23 bits per heavy atom. The molecule has 0 amide bonds. The quantitative estimate of drug-likeness (QED) is 0.643. The van der Waals surface area contributed by atoms with Crippen LogP contribution in [0, 0.1) is 26.6 Å². The van der Waals surface area contributed by atoms with Gasteiger partial charge in [0.1, 0.15) is 18.0 Å². The first-order valence-corrected chi connectivity index (χ1v) is 8.90. The van der Waals surface area contributed by atoms with Crippen molar-refractivity contribution in [2.75, 3.05) is 6.61 Å². The highest BCUT2D eigenvalue weighted by atomic mass is 32.1. The lowest BCUT2D eigenvalue weighted by atomic mass is 10.2. The molecule has 8 heteroatoms. The van der Waals surface area contributed by atoms with Crippen LogP contribution < -0.4 is 4.87 Å². The van der Waals surface area contributed by atoms with Crippen LogP contribution in [0.1, 0.15) is 27.4 Å². The summed E-state index contributed by atoms with van der Waals surface area (Å²) in [5.41, 5.74) is 3.02. The van der Waals surface area contributed by atoms with Gasteiger partial charge in [-0.3, -0.25) is 9.36 Å². The van der Waals surface area contributed by atoms with E-state index in [4.69, 9.17) is 4.74 Å². The Labute approximate surface area is 153 Å². The summed E-state index contributed by atoms with van der Waals surface area (Å²) in [7, 11) is 0. The molecule has 3 rings (SSSR count). The fraction of sp³-hybridized carbons (Fsp3) is 0.278. The van der Waals surface area contributed by atoms with Gasteiger partial charge in [-0.25, -0.2) is 13.9 Å². The summed E-state index contributed by atoms with van der Waals surface area (Å²) < 4.78 is 21.6. The molecular formula is C18H18FN3O3S. The zero-order chi connectivity index (χ0) is 18.8. The maximum atomic E-state index is 13.1. The predicted octanol–water partition coefficient (Wildman–Crippen LogP) is 3.02. The Hall–Kier alpha value is -2.74. The molecule has 6 nitrogen and oxygen atoms in total. The number of carbonyl (C=O) groups is 1. The average Bonchev–Trinajstić information content (AvgIpc) is 3.08. The highest BCUT2D eigenvalue weighted by Crippen LogP contribution is 2.19. The second-order valence-electron chi connectivity index (χ2n) is 5.86. The van der Waals surface area contributed by atoms with E-state index in [1.165, 1.54) is 12.1 Å². The average molecular weight is 375 g/mol. The number of rotatable bonds is 5. The van der Waals surface area contributed by atoms with Crippen LogP contribution in [0.3, 0.4) is 0 Å². The summed E-state index contributed by atoms with van der Waals surface area (Å²) in [6, 6.07) is 5.86. The van der Waals surface area contributed by atoms with E-state index in [0.29, 0.717) is 29.2 Å². The van der Waals surface area contributed by atoms with Gasteiger partial charge in [-0.15, -0.1) is 0 Å². The standard InChI is InChI=1S/C18H18FN3O3S/c1-11-10-26-18(24)21(11)8-9-25-17(23)16-12(2)20-22(13(16)3)15-6-4-14(19)5-7-15/h4-7,10H,8-9H2,1-3H3. The zero-order valence-corrected chi connectivity index (χ0v) is 15.5. The molecule has 136 valence electrons. The van der Waals surface area contributed by atoms with Crippen LogP contribution in [-0.2, 0) is 11.3 Å². The topological polar surface area (TPSA) is 66.1 Å². The number of thiazole rings is 1. The Bertz CT molecular complexity index is 1000. The van der Waals surface area contributed by atoms with E-state index < -0.39 is 5.97 Å². The van der Waals surface area contributed by atoms with Crippen molar-refractivity contribution >= 4 is 17.3 Å². The van der Waals surface area contributed by atoms with Crippen LogP contribution in [-0.4, -0.2) is 26.9 Å². The molecule has 0 spiro atoms. The van der Waals surface area contributed by atoms with E-state index in [2.05, 4.69) is 5.10 Å². The highest BCUT2D eigenvalue weighted by molar-refractivity contribution is 7.07. The number of benzene rings is 1. The van der Waals surface area contributed by atoms with E-state index >= 15 is 0 Å². The molecule has 0 unspecified atom stereocenters. The molecule has 0 atom stereocenters. The number of hydrogen-bond donors (Lipinski definition) is 0. The summed E-state index contributed by atoms with van der Waals surface area (Å²) in [6.45, 7) is 5.71. The minimum atomic E-state index is -0.491. The molecule has 2 aromatic heterocycles. The van der Waals surface area contributed by atoms with Crippen molar-refractivity contribution in [3.8, 4) is 5.69 Å². The van der Waals surface area contributed by atoms with Gasteiger partial charge in [-0.2, -0.15) is 5.10 Å². The van der Waals surface area contributed by atoms with E-state index in [-0.39, 0.29) is 17.3 Å². The van der Waals surface area contributed by atoms with Crippen LogP contribution in [0.25, 0.3) is 5.69 Å². The molecule has 0 saturated heterocycles. The smallest absolute Gasteiger partial charge is 0.341 e. The van der Waals surface area contributed by atoms with Crippen LogP contribution in [0.2, 0.25) is 0 Å². The normalized spacial score (nSPS) is 10.9. The van der Waals surface area contributed by atoms with Crippen molar-refractivity contribution in [3.63, 3.8) is 0 Å². The minimum Gasteiger partial charge on any atom is -0.460 e. The summed E-state index contributed by atoms with van der Waals surface area (Å²) in [4.78, 5) is 24.1. The molecule has 26 heavy (non-hydrogen) atoms. The van der Waals surface area contributed by atoms with Gasteiger partial charge in [-0.05, 0) is 45.0 Å². The van der Waals surface area contributed by atoms with Gasteiger partial charge in [0.15, 0.2) is 0 Å². The Kier molecular flexibility index (Phi) is 5.03. The monoisotopic (exact) mass is 375 g/mol. The van der Waals surface area contributed by atoms with Crippen molar-refractivity contribution in [1.82, 2.24) is 14.3 Å². The SMILES string of the molecule is Cc1nn(-c2ccc(F)cc2)c(C)c1C(=O)OCCn1c(C)csc1=O.